The minimum Gasteiger partial charge on any atom is -0.457 e. The van der Waals surface area contributed by atoms with Crippen molar-refractivity contribution < 1.29 is 19.4 Å². The lowest BCUT2D eigenvalue weighted by Crippen LogP contribution is -2.27. The number of hydrogen-bond acceptors (Lipinski definition) is 4. The van der Waals surface area contributed by atoms with Crippen molar-refractivity contribution in [2.75, 3.05) is 19.8 Å². The van der Waals surface area contributed by atoms with Crippen LogP contribution in [0.2, 0.25) is 0 Å². The molecule has 0 saturated carbocycles. The Hall–Kier alpha value is -2.17. The van der Waals surface area contributed by atoms with Gasteiger partial charge in [-0.2, -0.15) is 0 Å². The minimum atomic E-state index is -0.567. The third kappa shape index (κ3) is 46.1. The number of aliphatic hydroxyl groups excluding tert-OH is 1. The molecule has 0 saturated heterocycles. The predicted molar refractivity (Wildman–Crippen MR) is 242 cm³/mol. The van der Waals surface area contributed by atoms with Gasteiger partial charge in [0.25, 0.3) is 0 Å². The second-order valence-electron chi connectivity index (χ2n) is 15.5. The van der Waals surface area contributed by atoms with Crippen LogP contribution in [-0.2, 0) is 14.3 Å². The van der Waals surface area contributed by atoms with Gasteiger partial charge in [0, 0.05) is 13.0 Å². The van der Waals surface area contributed by atoms with Gasteiger partial charge in [-0.3, -0.25) is 4.79 Å². The zero-order valence-corrected chi connectivity index (χ0v) is 36.4. The molecule has 0 heterocycles. The quantitative estimate of drug-likeness (QED) is 0.0381. The lowest BCUT2D eigenvalue weighted by atomic mass is 10.0. The molecule has 0 aliphatic carbocycles. The number of allylic oxidation sites excluding steroid dienone is 12. The lowest BCUT2D eigenvalue weighted by molar-refractivity contribution is -0.154. The van der Waals surface area contributed by atoms with E-state index in [4.69, 9.17) is 9.47 Å². The molecule has 0 rings (SSSR count). The van der Waals surface area contributed by atoms with Crippen molar-refractivity contribution in [2.45, 2.75) is 225 Å². The Morgan fingerprint density at radius 3 is 1.16 bits per heavy atom. The Labute approximate surface area is 342 Å². The summed E-state index contributed by atoms with van der Waals surface area (Å²) in [5.74, 6) is -0.218. The van der Waals surface area contributed by atoms with Crippen LogP contribution in [0.3, 0.4) is 0 Å². The Morgan fingerprint density at radius 2 is 0.800 bits per heavy atom. The molecule has 0 aliphatic heterocycles. The summed E-state index contributed by atoms with van der Waals surface area (Å²) >= 11 is 0. The van der Waals surface area contributed by atoms with E-state index in [2.05, 4.69) is 86.8 Å². The summed E-state index contributed by atoms with van der Waals surface area (Å²) < 4.78 is 11.1. The first-order chi connectivity index (χ1) is 27.2. The normalized spacial score (nSPS) is 13.0. The van der Waals surface area contributed by atoms with Gasteiger partial charge in [-0.25, -0.2) is 0 Å². The summed E-state index contributed by atoms with van der Waals surface area (Å²) in [6, 6.07) is 0. The number of aliphatic hydroxyl groups is 1. The highest BCUT2D eigenvalue weighted by atomic mass is 16.6. The molecule has 0 aromatic rings. The first-order valence-corrected chi connectivity index (χ1v) is 23.5. The van der Waals surface area contributed by atoms with Crippen LogP contribution < -0.4 is 0 Å². The molecule has 0 bridgehead atoms. The zero-order chi connectivity index (χ0) is 39.8. The SMILES string of the molecule is CC/C=C\C/C=C\C/C=C\C/C=C\C/C=C\C/C=C\CCCOCC(CO)OC(=O)CCCCCCCCCCCCCCCCCCCCCCCCC. The van der Waals surface area contributed by atoms with Crippen LogP contribution in [0.15, 0.2) is 72.9 Å². The molecule has 1 N–H and O–H groups in total. The third-order valence-corrected chi connectivity index (χ3v) is 10.0. The van der Waals surface area contributed by atoms with E-state index in [9.17, 15) is 9.90 Å². The highest BCUT2D eigenvalue weighted by molar-refractivity contribution is 5.69. The number of carbonyl (C=O) groups excluding carboxylic acids is 1. The molecule has 0 aliphatic rings. The minimum absolute atomic E-state index is 0.196. The van der Waals surface area contributed by atoms with Gasteiger partial charge in [-0.05, 0) is 57.8 Å². The molecule has 55 heavy (non-hydrogen) atoms. The highest BCUT2D eigenvalue weighted by Crippen LogP contribution is 2.16. The van der Waals surface area contributed by atoms with E-state index in [0.29, 0.717) is 13.0 Å². The molecule has 4 nitrogen and oxygen atoms in total. The molecule has 0 amide bonds. The molecule has 318 valence electrons. The second-order valence-corrected chi connectivity index (χ2v) is 15.5. The molecule has 0 aromatic carbocycles. The van der Waals surface area contributed by atoms with Gasteiger partial charge in [0.15, 0.2) is 0 Å². The number of esters is 1. The first-order valence-electron chi connectivity index (χ1n) is 23.5. The molecule has 1 unspecified atom stereocenters. The molecule has 0 spiro atoms. The Morgan fingerprint density at radius 1 is 0.455 bits per heavy atom. The third-order valence-electron chi connectivity index (χ3n) is 10.0. The monoisotopic (exact) mass is 767 g/mol. The van der Waals surface area contributed by atoms with Crippen molar-refractivity contribution in [1.82, 2.24) is 0 Å². The van der Waals surface area contributed by atoms with E-state index in [1.54, 1.807) is 0 Å². The maximum atomic E-state index is 12.2. The summed E-state index contributed by atoms with van der Waals surface area (Å²) in [5.41, 5.74) is 0. The van der Waals surface area contributed by atoms with E-state index >= 15 is 0 Å². The average Bonchev–Trinajstić information content (AvgIpc) is 3.19. The van der Waals surface area contributed by atoms with E-state index in [1.807, 2.05) is 0 Å². The van der Waals surface area contributed by atoms with Crippen molar-refractivity contribution >= 4 is 5.97 Å². The number of carbonyl (C=O) groups is 1. The largest absolute Gasteiger partial charge is 0.457 e. The average molecular weight is 767 g/mol. The predicted octanol–water partition coefficient (Wildman–Crippen LogP) is 15.8. The van der Waals surface area contributed by atoms with Crippen LogP contribution in [0.1, 0.15) is 219 Å². The Balaban J connectivity index is 3.49. The zero-order valence-electron chi connectivity index (χ0n) is 36.4. The first kappa shape index (κ1) is 52.8. The van der Waals surface area contributed by atoms with Gasteiger partial charge in [-0.15, -0.1) is 0 Å². The molecule has 4 heteroatoms. The van der Waals surface area contributed by atoms with Crippen molar-refractivity contribution in [1.29, 1.82) is 0 Å². The Kier molecular flexibility index (Phi) is 46.1. The van der Waals surface area contributed by atoms with E-state index < -0.39 is 6.10 Å². The highest BCUT2D eigenvalue weighted by Gasteiger charge is 2.13. The van der Waals surface area contributed by atoms with Crippen molar-refractivity contribution in [3.8, 4) is 0 Å². The van der Waals surface area contributed by atoms with Gasteiger partial charge < -0.3 is 14.6 Å². The topological polar surface area (TPSA) is 55.8 Å². The molecule has 0 fully saturated rings. The number of rotatable bonds is 43. The maximum absolute atomic E-state index is 12.2. The van der Waals surface area contributed by atoms with Crippen LogP contribution in [-0.4, -0.2) is 37.0 Å². The van der Waals surface area contributed by atoms with Crippen molar-refractivity contribution in [3.05, 3.63) is 72.9 Å². The fraction of sp³-hybridized carbons (Fsp3) is 0.745. The maximum Gasteiger partial charge on any atom is 0.306 e. The standard InChI is InChI=1S/C51H90O4/c1-3-5-7-9-11-13-15-17-19-21-23-25-26-27-28-30-32-34-36-38-40-42-44-46-51(53)55-50(48-52)49-54-47-45-43-41-39-37-35-33-31-29-24-22-20-18-16-14-12-10-8-6-4-2/h6,8,12,14,18,20,24,29,33,35,39,41,50,52H,3-5,7,9-11,13,15-17,19,21-23,25-28,30-32,34,36-38,40,42-49H2,1-2H3/b8-6-,14-12-,20-18-,29-24-,35-33-,41-39-. The lowest BCUT2D eigenvalue weighted by Gasteiger charge is -2.15. The molecule has 0 radical (unpaired) electrons. The molecular formula is C51H90O4. The van der Waals surface area contributed by atoms with Gasteiger partial charge in [-0.1, -0.05) is 228 Å². The van der Waals surface area contributed by atoms with Crippen molar-refractivity contribution in [2.24, 2.45) is 0 Å². The second kappa shape index (κ2) is 48.0. The molecule has 0 aromatic heterocycles. The van der Waals surface area contributed by atoms with Gasteiger partial charge in [0.1, 0.15) is 6.10 Å². The fourth-order valence-electron chi connectivity index (χ4n) is 6.58. The molecule has 1 atom stereocenters. The smallest absolute Gasteiger partial charge is 0.306 e. The summed E-state index contributed by atoms with van der Waals surface area (Å²) in [4.78, 5) is 12.2. The van der Waals surface area contributed by atoms with Crippen LogP contribution in [0, 0.1) is 0 Å². The van der Waals surface area contributed by atoms with E-state index in [0.717, 1.165) is 64.2 Å². The fourth-order valence-corrected chi connectivity index (χ4v) is 6.58. The number of hydrogen-bond donors (Lipinski definition) is 1. The van der Waals surface area contributed by atoms with Crippen LogP contribution in [0.25, 0.3) is 0 Å². The summed E-state index contributed by atoms with van der Waals surface area (Å²) in [6.45, 7) is 5.11. The summed E-state index contributed by atoms with van der Waals surface area (Å²) in [6.07, 6.45) is 65.6. The summed E-state index contributed by atoms with van der Waals surface area (Å²) in [7, 11) is 0. The van der Waals surface area contributed by atoms with Gasteiger partial charge in [0.2, 0.25) is 0 Å². The van der Waals surface area contributed by atoms with Crippen molar-refractivity contribution in [3.63, 3.8) is 0 Å². The van der Waals surface area contributed by atoms with Crippen LogP contribution in [0.4, 0.5) is 0 Å². The van der Waals surface area contributed by atoms with Gasteiger partial charge >= 0.3 is 5.97 Å². The van der Waals surface area contributed by atoms with Crippen LogP contribution in [0.5, 0.6) is 0 Å². The Bertz CT molecular complexity index is 942. The number of unbranched alkanes of at least 4 members (excludes halogenated alkanes) is 23. The van der Waals surface area contributed by atoms with E-state index in [-0.39, 0.29) is 19.2 Å². The number of ether oxygens (including phenoxy) is 2. The van der Waals surface area contributed by atoms with E-state index in [1.165, 1.54) is 135 Å². The molecular weight excluding hydrogens is 677 g/mol. The summed E-state index contributed by atoms with van der Waals surface area (Å²) in [5, 5.41) is 9.62. The van der Waals surface area contributed by atoms with Gasteiger partial charge in [0.05, 0.1) is 13.2 Å². The van der Waals surface area contributed by atoms with Crippen LogP contribution >= 0.6 is 0 Å².